The predicted octanol–water partition coefficient (Wildman–Crippen LogP) is 2.92. The molecule has 0 aliphatic heterocycles. The van der Waals surface area contributed by atoms with Gasteiger partial charge in [0.05, 0.1) is 34.7 Å². The second-order valence-corrected chi connectivity index (χ2v) is 6.87. The Labute approximate surface area is 163 Å². The minimum Gasteiger partial charge on any atom is -0.346 e. The summed E-state index contributed by atoms with van der Waals surface area (Å²) in [6.45, 7) is 4.38. The van der Waals surface area contributed by atoms with Gasteiger partial charge >= 0.3 is 0 Å². The zero-order valence-electron chi connectivity index (χ0n) is 16.4. The number of carbonyl (C=O) groups is 1. The van der Waals surface area contributed by atoms with Crippen molar-refractivity contribution in [3.63, 3.8) is 0 Å². The van der Waals surface area contributed by atoms with Gasteiger partial charge in [0.1, 0.15) is 0 Å². The summed E-state index contributed by atoms with van der Waals surface area (Å²) < 4.78 is 3.59. The number of nitrogens with zero attached hydrogens (tertiary/aromatic N) is 5. The maximum atomic E-state index is 13.0. The zero-order chi connectivity index (χ0) is 19.8. The first-order valence-corrected chi connectivity index (χ1v) is 9.11. The highest BCUT2D eigenvalue weighted by molar-refractivity contribution is 6.07. The summed E-state index contributed by atoms with van der Waals surface area (Å²) in [6.07, 6.45) is 1.72. The number of hydrogen-bond acceptors (Lipinski definition) is 4. The molecule has 0 unspecified atom stereocenters. The van der Waals surface area contributed by atoms with Crippen molar-refractivity contribution in [2.45, 2.75) is 20.4 Å². The van der Waals surface area contributed by atoms with Crippen LogP contribution >= 0.6 is 0 Å². The quantitative estimate of drug-likeness (QED) is 0.596. The normalized spacial score (nSPS) is 11.1. The van der Waals surface area contributed by atoms with E-state index in [4.69, 9.17) is 4.98 Å². The molecule has 0 spiro atoms. The molecule has 1 amide bonds. The molecular weight excluding hydrogens is 352 g/mol. The maximum Gasteiger partial charge on any atom is 0.252 e. The number of para-hydroxylation sites is 1. The number of fused-ring (bicyclic) bond motifs is 1. The summed E-state index contributed by atoms with van der Waals surface area (Å²) in [7, 11) is 3.77. The minimum atomic E-state index is -0.139. The molecule has 1 N–H and O–H groups in total. The van der Waals surface area contributed by atoms with Crippen molar-refractivity contribution >= 4 is 16.8 Å². The van der Waals surface area contributed by atoms with Crippen molar-refractivity contribution in [3.05, 3.63) is 65.2 Å². The molecule has 3 aromatic heterocycles. The lowest BCUT2D eigenvalue weighted by atomic mass is 10.0. The Hall–Kier alpha value is -3.48. The standard InChI is InChI=1S/C21H22N6O/c1-13-20(14(2)26(3)25-13)19-11-17(16-7-5-6-8-18(16)24-19)21(28)22-12-15-9-10-23-27(15)4/h5-11H,12H2,1-4H3,(H,22,28). The van der Waals surface area contributed by atoms with Gasteiger partial charge in [-0.15, -0.1) is 0 Å². The van der Waals surface area contributed by atoms with Gasteiger partial charge in [0.15, 0.2) is 0 Å². The Bertz CT molecular complexity index is 1190. The molecule has 0 atom stereocenters. The molecule has 7 nitrogen and oxygen atoms in total. The van der Waals surface area contributed by atoms with Crippen LogP contribution in [0, 0.1) is 13.8 Å². The van der Waals surface area contributed by atoms with Gasteiger partial charge in [0.2, 0.25) is 0 Å². The Balaban J connectivity index is 1.78. The molecule has 3 heterocycles. The second-order valence-electron chi connectivity index (χ2n) is 6.87. The Morgan fingerprint density at radius 1 is 1.11 bits per heavy atom. The molecular formula is C21H22N6O. The summed E-state index contributed by atoms with van der Waals surface area (Å²) in [5.74, 6) is -0.139. The van der Waals surface area contributed by atoms with Gasteiger partial charge in [0, 0.05) is 36.9 Å². The van der Waals surface area contributed by atoms with Crippen LogP contribution in [-0.4, -0.2) is 30.5 Å². The third-order valence-corrected chi connectivity index (χ3v) is 5.08. The van der Waals surface area contributed by atoms with Crippen LogP contribution < -0.4 is 5.32 Å². The zero-order valence-corrected chi connectivity index (χ0v) is 16.4. The minimum absolute atomic E-state index is 0.139. The lowest BCUT2D eigenvalue weighted by Gasteiger charge is -2.11. The summed E-state index contributed by atoms with van der Waals surface area (Å²) >= 11 is 0. The topological polar surface area (TPSA) is 77.6 Å². The molecule has 28 heavy (non-hydrogen) atoms. The van der Waals surface area contributed by atoms with E-state index in [0.717, 1.165) is 39.2 Å². The first-order valence-electron chi connectivity index (χ1n) is 9.11. The summed E-state index contributed by atoms with van der Waals surface area (Å²) in [6, 6.07) is 11.4. The molecule has 0 saturated heterocycles. The fourth-order valence-electron chi connectivity index (χ4n) is 3.48. The number of aromatic nitrogens is 5. The average molecular weight is 374 g/mol. The largest absolute Gasteiger partial charge is 0.346 e. The van der Waals surface area contributed by atoms with E-state index in [1.54, 1.807) is 10.9 Å². The fraction of sp³-hybridized carbons (Fsp3) is 0.238. The molecule has 4 aromatic rings. The molecule has 0 aliphatic carbocycles. The number of aryl methyl sites for hydroxylation is 3. The maximum absolute atomic E-state index is 13.0. The molecule has 0 bridgehead atoms. The molecule has 0 saturated carbocycles. The number of rotatable bonds is 4. The molecule has 1 aromatic carbocycles. The summed E-state index contributed by atoms with van der Waals surface area (Å²) in [4.78, 5) is 17.8. The lowest BCUT2D eigenvalue weighted by molar-refractivity contribution is 0.0951. The molecule has 4 rings (SSSR count). The van der Waals surface area contributed by atoms with Crippen molar-refractivity contribution in [1.82, 2.24) is 29.9 Å². The van der Waals surface area contributed by atoms with E-state index in [1.165, 1.54) is 0 Å². The van der Waals surface area contributed by atoms with Gasteiger partial charge in [-0.2, -0.15) is 10.2 Å². The highest BCUT2D eigenvalue weighted by atomic mass is 16.1. The second kappa shape index (κ2) is 6.92. The number of benzene rings is 1. The summed E-state index contributed by atoms with van der Waals surface area (Å²) in [5.41, 5.74) is 5.96. The van der Waals surface area contributed by atoms with Crippen molar-refractivity contribution in [1.29, 1.82) is 0 Å². The number of hydrogen-bond donors (Lipinski definition) is 1. The van der Waals surface area contributed by atoms with E-state index in [1.807, 2.05) is 69.0 Å². The number of amides is 1. The highest BCUT2D eigenvalue weighted by Crippen LogP contribution is 2.29. The monoisotopic (exact) mass is 374 g/mol. The van der Waals surface area contributed by atoms with Crippen LogP contribution in [0.1, 0.15) is 27.4 Å². The van der Waals surface area contributed by atoms with Crippen LogP contribution in [0.2, 0.25) is 0 Å². The first-order chi connectivity index (χ1) is 13.5. The van der Waals surface area contributed by atoms with Crippen LogP contribution in [0.4, 0.5) is 0 Å². The van der Waals surface area contributed by atoms with Gasteiger partial charge in [-0.25, -0.2) is 4.98 Å². The molecule has 0 fully saturated rings. The van der Waals surface area contributed by atoms with Crippen LogP contribution in [-0.2, 0) is 20.6 Å². The van der Waals surface area contributed by atoms with Crippen LogP contribution in [0.15, 0.2) is 42.6 Å². The van der Waals surface area contributed by atoms with Gasteiger partial charge in [-0.3, -0.25) is 14.2 Å². The third-order valence-electron chi connectivity index (χ3n) is 5.08. The third kappa shape index (κ3) is 3.05. The average Bonchev–Trinajstić information content (AvgIpc) is 3.20. The van der Waals surface area contributed by atoms with Crippen molar-refractivity contribution in [2.75, 3.05) is 0 Å². The van der Waals surface area contributed by atoms with Gasteiger partial charge in [-0.05, 0) is 32.0 Å². The Morgan fingerprint density at radius 2 is 1.89 bits per heavy atom. The van der Waals surface area contributed by atoms with Gasteiger partial charge in [0.25, 0.3) is 5.91 Å². The first kappa shape index (κ1) is 17.9. The van der Waals surface area contributed by atoms with E-state index in [0.29, 0.717) is 12.1 Å². The predicted molar refractivity (Wildman–Crippen MR) is 108 cm³/mol. The van der Waals surface area contributed by atoms with E-state index < -0.39 is 0 Å². The van der Waals surface area contributed by atoms with Crippen LogP contribution in [0.3, 0.4) is 0 Å². The number of pyridine rings is 1. The smallest absolute Gasteiger partial charge is 0.252 e. The number of nitrogens with one attached hydrogen (secondary N) is 1. The van der Waals surface area contributed by atoms with E-state index in [9.17, 15) is 4.79 Å². The SMILES string of the molecule is Cc1nn(C)c(C)c1-c1cc(C(=O)NCc2ccnn2C)c2ccccc2n1. The van der Waals surface area contributed by atoms with Gasteiger partial charge in [-0.1, -0.05) is 18.2 Å². The molecule has 7 heteroatoms. The Kier molecular flexibility index (Phi) is 4.43. The van der Waals surface area contributed by atoms with E-state index in [2.05, 4.69) is 15.5 Å². The van der Waals surface area contributed by atoms with Crippen molar-refractivity contribution in [3.8, 4) is 11.3 Å². The van der Waals surface area contributed by atoms with Crippen molar-refractivity contribution < 1.29 is 4.79 Å². The molecule has 0 aliphatic rings. The van der Waals surface area contributed by atoms with Gasteiger partial charge < -0.3 is 5.32 Å². The molecule has 142 valence electrons. The Morgan fingerprint density at radius 3 is 2.57 bits per heavy atom. The lowest BCUT2D eigenvalue weighted by Crippen LogP contribution is -2.24. The van der Waals surface area contributed by atoms with E-state index >= 15 is 0 Å². The summed E-state index contributed by atoms with van der Waals surface area (Å²) in [5, 5.41) is 12.5. The van der Waals surface area contributed by atoms with Crippen LogP contribution in [0.5, 0.6) is 0 Å². The fourth-order valence-corrected chi connectivity index (χ4v) is 3.48. The number of carbonyl (C=O) groups excluding carboxylic acids is 1. The van der Waals surface area contributed by atoms with Crippen LogP contribution in [0.25, 0.3) is 22.2 Å². The molecule has 0 radical (unpaired) electrons. The van der Waals surface area contributed by atoms with E-state index in [-0.39, 0.29) is 5.91 Å². The van der Waals surface area contributed by atoms with Crippen molar-refractivity contribution in [2.24, 2.45) is 14.1 Å². The highest BCUT2D eigenvalue weighted by Gasteiger charge is 2.18.